The highest BCUT2D eigenvalue weighted by molar-refractivity contribution is 5.47. The Balaban J connectivity index is 1.31. The van der Waals surface area contributed by atoms with E-state index in [4.69, 9.17) is 14.2 Å². The second-order valence-corrected chi connectivity index (χ2v) is 8.89. The number of rotatable bonds is 7. The zero-order valence-electron chi connectivity index (χ0n) is 20.2. The standard InChI is InChI=1S/C27H28N6O3/c1-34-23-10-6-5-9-22(23)26(32-15-13-31(14-16-32)21-7-3-2-4-8-21)27-28-29-30-33(27)18-20-11-12-24-25(17-20)36-19-35-24/h2-12,17,26H,13-16,18-19H2,1H3. The van der Waals surface area contributed by atoms with Crippen molar-refractivity contribution >= 4 is 5.69 Å². The fourth-order valence-electron chi connectivity index (χ4n) is 5.00. The SMILES string of the molecule is COc1ccccc1C(c1nnnn1Cc1ccc2c(c1)OCO2)N1CCN(c2ccccc2)CC1. The molecular weight excluding hydrogens is 456 g/mol. The maximum atomic E-state index is 5.77. The third-order valence-electron chi connectivity index (χ3n) is 6.81. The summed E-state index contributed by atoms with van der Waals surface area (Å²) in [5.41, 5.74) is 3.34. The Labute approximate surface area is 209 Å². The molecule has 0 bridgehead atoms. The van der Waals surface area contributed by atoms with E-state index in [9.17, 15) is 0 Å². The normalized spacial score (nSPS) is 16.2. The van der Waals surface area contributed by atoms with Crippen molar-refractivity contribution in [2.24, 2.45) is 0 Å². The van der Waals surface area contributed by atoms with Gasteiger partial charge in [-0.05, 0) is 46.3 Å². The van der Waals surface area contributed by atoms with Gasteiger partial charge in [-0.25, -0.2) is 4.68 Å². The number of fused-ring (bicyclic) bond motifs is 1. The molecule has 3 heterocycles. The van der Waals surface area contributed by atoms with Crippen LogP contribution in [-0.4, -0.2) is 65.2 Å². The predicted octanol–water partition coefficient (Wildman–Crippen LogP) is 3.37. The largest absolute Gasteiger partial charge is 0.496 e. The molecule has 184 valence electrons. The van der Waals surface area contributed by atoms with E-state index in [0.717, 1.165) is 60.4 Å². The second kappa shape index (κ2) is 9.87. The Bertz CT molecular complexity index is 1320. The van der Waals surface area contributed by atoms with Crippen molar-refractivity contribution in [2.75, 3.05) is 45.0 Å². The van der Waals surface area contributed by atoms with Gasteiger partial charge in [0.25, 0.3) is 0 Å². The van der Waals surface area contributed by atoms with Crippen LogP contribution >= 0.6 is 0 Å². The number of nitrogens with zero attached hydrogens (tertiary/aromatic N) is 6. The molecule has 9 nitrogen and oxygen atoms in total. The highest BCUT2D eigenvalue weighted by Crippen LogP contribution is 2.36. The number of benzene rings is 3. The highest BCUT2D eigenvalue weighted by atomic mass is 16.7. The first-order valence-corrected chi connectivity index (χ1v) is 12.1. The van der Waals surface area contributed by atoms with Crippen molar-refractivity contribution in [3.05, 3.63) is 89.7 Å². The average molecular weight is 485 g/mol. The molecule has 9 heteroatoms. The highest BCUT2D eigenvalue weighted by Gasteiger charge is 2.32. The number of methoxy groups -OCH3 is 1. The van der Waals surface area contributed by atoms with Gasteiger partial charge in [0, 0.05) is 37.4 Å². The number of ether oxygens (including phenoxy) is 3. The van der Waals surface area contributed by atoms with Gasteiger partial charge in [0.05, 0.1) is 13.7 Å². The lowest BCUT2D eigenvalue weighted by Gasteiger charge is -2.40. The van der Waals surface area contributed by atoms with Gasteiger partial charge < -0.3 is 19.1 Å². The van der Waals surface area contributed by atoms with E-state index in [1.165, 1.54) is 5.69 Å². The lowest BCUT2D eigenvalue weighted by atomic mass is 10.0. The molecule has 0 N–H and O–H groups in total. The van der Waals surface area contributed by atoms with Crippen LogP contribution in [-0.2, 0) is 6.54 Å². The van der Waals surface area contributed by atoms with Crippen molar-refractivity contribution in [3.63, 3.8) is 0 Å². The van der Waals surface area contributed by atoms with Crippen LogP contribution in [0, 0.1) is 0 Å². The number of hydrogen-bond acceptors (Lipinski definition) is 8. The molecule has 1 fully saturated rings. The number of aromatic nitrogens is 4. The number of para-hydroxylation sites is 2. The summed E-state index contributed by atoms with van der Waals surface area (Å²) in [6.07, 6.45) is 0. The van der Waals surface area contributed by atoms with Crippen LogP contribution in [0.25, 0.3) is 0 Å². The van der Waals surface area contributed by atoms with Crippen LogP contribution in [0.1, 0.15) is 23.0 Å². The van der Waals surface area contributed by atoms with Crippen molar-refractivity contribution in [2.45, 2.75) is 12.6 Å². The third-order valence-corrected chi connectivity index (χ3v) is 6.81. The maximum absolute atomic E-state index is 5.77. The molecule has 0 radical (unpaired) electrons. The molecule has 0 amide bonds. The maximum Gasteiger partial charge on any atom is 0.231 e. The smallest absolute Gasteiger partial charge is 0.231 e. The first kappa shape index (κ1) is 22.4. The van der Waals surface area contributed by atoms with Crippen LogP contribution in [0.3, 0.4) is 0 Å². The summed E-state index contributed by atoms with van der Waals surface area (Å²) in [5, 5.41) is 13.0. The molecule has 3 aromatic carbocycles. The summed E-state index contributed by atoms with van der Waals surface area (Å²) >= 11 is 0. The first-order valence-electron chi connectivity index (χ1n) is 12.1. The lowest BCUT2D eigenvalue weighted by molar-refractivity contribution is 0.174. The van der Waals surface area contributed by atoms with Crippen molar-refractivity contribution in [3.8, 4) is 17.2 Å². The number of tetrazole rings is 1. The molecule has 2 aliphatic rings. The summed E-state index contributed by atoms with van der Waals surface area (Å²) in [4.78, 5) is 4.87. The van der Waals surface area contributed by atoms with E-state index >= 15 is 0 Å². The second-order valence-electron chi connectivity index (χ2n) is 8.89. The number of piperazine rings is 1. The van der Waals surface area contributed by atoms with Crippen molar-refractivity contribution in [1.29, 1.82) is 0 Å². The van der Waals surface area contributed by atoms with Crippen LogP contribution < -0.4 is 19.1 Å². The summed E-state index contributed by atoms with van der Waals surface area (Å²) < 4.78 is 18.7. The molecule has 6 rings (SSSR count). The number of hydrogen-bond donors (Lipinski definition) is 0. The van der Waals surface area contributed by atoms with Crippen LogP contribution in [0.5, 0.6) is 17.2 Å². The Hall–Kier alpha value is -4.11. The van der Waals surface area contributed by atoms with Gasteiger partial charge in [-0.2, -0.15) is 0 Å². The van der Waals surface area contributed by atoms with Crippen LogP contribution in [0.4, 0.5) is 5.69 Å². The van der Waals surface area contributed by atoms with Crippen LogP contribution in [0.15, 0.2) is 72.8 Å². The molecule has 1 atom stereocenters. The minimum Gasteiger partial charge on any atom is -0.496 e. The summed E-state index contributed by atoms with van der Waals surface area (Å²) in [6.45, 7) is 4.34. The van der Waals surface area contributed by atoms with E-state index in [2.05, 4.69) is 61.7 Å². The van der Waals surface area contributed by atoms with E-state index in [1.807, 2.05) is 41.1 Å². The van der Waals surface area contributed by atoms with Gasteiger partial charge in [0.2, 0.25) is 6.79 Å². The van der Waals surface area contributed by atoms with Gasteiger partial charge in [-0.15, -0.1) is 5.10 Å². The van der Waals surface area contributed by atoms with E-state index < -0.39 is 0 Å². The molecule has 2 aliphatic heterocycles. The van der Waals surface area contributed by atoms with E-state index in [0.29, 0.717) is 6.54 Å². The Morgan fingerprint density at radius 1 is 0.889 bits per heavy atom. The molecule has 0 spiro atoms. The Morgan fingerprint density at radius 2 is 1.67 bits per heavy atom. The zero-order chi connectivity index (χ0) is 24.3. The van der Waals surface area contributed by atoms with Crippen LogP contribution in [0.2, 0.25) is 0 Å². The molecular formula is C27H28N6O3. The molecule has 4 aromatic rings. The summed E-state index contributed by atoms with van der Waals surface area (Å²) in [6, 6.07) is 24.5. The van der Waals surface area contributed by atoms with E-state index in [1.54, 1.807) is 7.11 Å². The molecule has 1 aromatic heterocycles. The van der Waals surface area contributed by atoms with Gasteiger partial charge in [0.1, 0.15) is 11.8 Å². The monoisotopic (exact) mass is 484 g/mol. The Morgan fingerprint density at radius 3 is 2.50 bits per heavy atom. The molecule has 1 saturated heterocycles. The fraction of sp³-hybridized carbons (Fsp3) is 0.296. The van der Waals surface area contributed by atoms with Gasteiger partial charge in [-0.1, -0.05) is 42.5 Å². The topological polar surface area (TPSA) is 77.8 Å². The summed E-state index contributed by atoms with van der Waals surface area (Å²) in [5.74, 6) is 3.12. The molecule has 0 saturated carbocycles. The lowest BCUT2D eigenvalue weighted by Crippen LogP contribution is -2.48. The van der Waals surface area contributed by atoms with Gasteiger partial charge >= 0.3 is 0 Å². The fourth-order valence-corrected chi connectivity index (χ4v) is 5.00. The quantitative estimate of drug-likeness (QED) is 0.395. The predicted molar refractivity (Wildman–Crippen MR) is 135 cm³/mol. The molecule has 1 unspecified atom stereocenters. The minimum absolute atomic E-state index is 0.150. The zero-order valence-corrected chi connectivity index (χ0v) is 20.2. The van der Waals surface area contributed by atoms with Gasteiger partial charge in [0.15, 0.2) is 17.3 Å². The van der Waals surface area contributed by atoms with Crippen molar-refractivity contribution in [1.82, 2.24) is 25.1 Å². The number of anilines is 1. The van der Waals surface area contributed by atoms with Crippen molar-refractivity contribution < 1.29 is 14.2 Å². The first-order chi connectivity index (χ1) is 17.8. The summed E-state index contributed by atoms with van der Waals surface area (Å²) in [7, 11) is 1.71. The molecule has 0 aliphatic carbocycles. The third kappa shape index (κ3) is 4.33. The Kier molecular flexibility index (Phi) is 6.13. The van der Waals surface area contributed by atoms with E-state index in [-0.39, 0.29) is 12.8 Å². The van der Waals surface area contributed by atoms with Gasteiger partial charge in [-0.3, -0.25) is 4.90 Å². The minimum atomic E-state index is -0.150. The molecule has 36 heavy (non-hydrogen) atoms. The average Bonchev–Trinajstić information content (AvgIpc) is 3.59.